The molecule has 1 rings (SSSR count). The highest BCUT2D eigenvalue weighted by molar-refractivity contribution is 5.93. The summed E-state index contributed by atoms with van der Waals surface area (Å²) in [6.45, 7) is 3.99. The topological polar surface area (TPSA) is 60.9 Å². The van der Waals surface area contributed by atoms with Gasteiger partial charge in [0.25, 0.3) is 0 Å². The predicted octanol–water partition coefficient (Wildman–Crippen LogP) is 2.35. The van der Waals surface area contributed by atoms with E-state index in [0.717, 1.165) is 17.7 Å². The second-order valence-corrected chi connectivity index (χ2v) is 4.44. The van der Waals surface area contributed by atoms with Crippen LogP contribution in [0.15, 0.2) is 24.3 Å². The van der Waals surface area contributed by atoms with Crippen LogP contribution < -0.4 is 4.90 Å². The monoisotopic (exact) mass is 264 g/mol. The van der Waals surface area contributed by atoms with Crippen molar-refractivity contribution in [1.29, 1.82) is 0 Å². The molecule has 0 atom stereocenters. The van der Waals surface area contributed by atoms with Crippen LogP contribution >= 0.6 is 0 Å². The lowest BCUT2D eigenvalue weighted by molar-refractivity contribution is -0.137. The number of carboxylic acid groups (broad SMARTS) is 1. The Balaban J connectivity index is 2.90. The fourth-order valence-corrected chi connectivity index (χ4v) is 1.93. The van der Waals surface area contributed by atoms with Gasteiger partial charge in [-0.3, -0.25) is 9.69 Å². The Morgan fingerprint density at radius 2 is 1.89 bits per heavy atom. The van der Waals surface area contributed by atoms with Gasteiger partial charge in [-0.15, -0.1) is 0 Å². The molecule has 0 aromatic heterocycles. The number of aliphatic carboxylic acids is 1. The third-order valence-corrected chi connectivity index (χ3v) is 2.85. The van der Waals surface area contributed by atoms with E-state index in [2.05, 4.69) is 0 Å². The lowest BCUT2D eigenvalue weighted by Crippen LogP contribution is -2.44. The van der Waals surface area contributed by atoms with E-state index in [-0.39, 0.29) is 12.6 Å². The molecule has 0 heterocycles. The highest BCUT2D eigenvalue weighted by Gasteiger charge is 2.21. The molecular formula is C14H20N2O3. The molecule has 0 radical (unpaired) electrons. The van der Waals surface area contributed by atoms with Gasteiger partial charge in [-0.25, -0.2) is 4.79 Å². The number of anilines is 1. The first kappa shape index (κ1) is 15.0. The largest absolute Gasteiger partial charge is 0.480 e. The summed E-state index contributed by atoms with van der Waals surface area (Å²) in [6.07, 6.45) is 0.723. The molecule has 0 aliphatic rings. The van der Waals surface area contributed by atoms with Gasteiger partial charge in [-0.2, -0.15) is 0 Å². The quantitative estimate of drug-likeness (QED) is 0.888. The third-order valence-electron chi connectivity index (χ3n) is 2.85. The molecule has 5 heteroatoms. The second kappa shape index (κ2) is 6.78. The highest BCUT2D eigenvalue weighted by Crippen LogP contribution is 2.19. The van der Waals surface area contributed by atoms with E-state index >= 15 is 0 Å². The number of urea groups is 1. The van der Waals surface area contributed by atoms with E-state index in [4.69, 9.17) is 5.11 Å². The normalized spacial score (nSPS) is 10.1. The van der Waals surface area contributed by atoms with Crippen LogP contribution in [0.1, 0.15) is 18.9 Å². The number of para-hydroxylation sites is 1. The maximum atomic E-state index is 12.3. The fourth-order valence-electron chi connectivity index (χ4n) is 1.93. The lowest BCUT2D eigenvalue weighted by atomic mass is 10.2. The van der Waals surface area contributed by atoms with Crippen LogP contribution in [-0.2, 0) is 4.79 Å². The summed E-state index contributed by atoms with van der Waals surface area (Å²) in [5, 5.41) is 8.85. The van der Waals surface area contributed by atoms with Crippen molar-refractivity contribution in [2.45, 2.75) is 20.3 Å². The van der Waals surface area contributed by atoms with Gasteiger partial charge in [-0.05, 0) is 25.0 Å². The number of hydrogen-bond acceptors (Lipinski definition) is 2. The summed E-state index contributed by atoms with van der Waals surface area (Å²) in [4.78, 5) is 25.9. The Hall–Kier alpha value is -2.04. The number of carboxylic acids is 1. The number of nitrogens with zero attached hydrogens (tertiary/aromatic N) is 2. The van der Waals surface area contributed by atoms with Crippen molar-refractivity contribution in [3.8, 4) is 0 Å². The second-order valence-electron chi connectivity index (χ2n) is 4.44. The zero-order chi connectivity index (χ0) is 14.4. The molecule has 1 N–H and O–H groups in total. The molecule has 1 aromatic carbocycles. The van der Waals surface area contributed by atoms with Gasteiger partial charge >= 0.3 is 12.0 Å². The van der Waals surface area contributed by atoms with Crippen molar-refractivity contribution in [1.82, 2.24) is 4.90 Å². The summed E-state index contributed by atoms with van der Waals surface area (Å²) >= 11 is 0. The molecule has 104 valence electrons. The molecule has 0 saturated carbocycles. The minimum absolute atomic E-state index is 0.275. The van der Waals surface area contributed by atoms with E-state index in [1.165, 1.54) is 9.80 Å². The highest BCUT2D eigenvalue weighted by atomic mass is 16.4. The summed E-state index contributed by atoms with van der Waals surface area (Å²) < 4.78 is 0. The average Bonchev–Trinajstić information content (AvgIpc) is 2.36. The first-order valence-electron chi connectivity index (χ1n) is 6.27. The molecule has 0 unspecified atom stereocenters. The molecule has 0 fully saturated rings. The van der Waals surface area contributed by atoms with Crippen LogP contribution in [0, 0.1) is 6.92 Å². The van der Waals surface area contributed by atoms with E-state index in [0.29, 0.717) is 6.54 Å². The van der Waals surface area contributed by atoms with Crippen molar-refractivity contribution in [2.75, 3.05) is 25.0 Å². The van der Waals surface area contributed by atoms with Crippen LogP contribution in [0.2, 0.25) is 0 Å². The van der Waals surface area contributed by atoms with Crippen LogP contribution in [0.4, 0.5) is 10.5 Å². The minimum atomic E-state index is -1.00. The molecule has 2 amide bonds. The number of carbonyl (C=O) groups excluding carboxylic acids is 1. The van der Waals surface area contributed by atoms with Crippen molar-refractivity contribution in [2.24, 2.45) is 0 Å². The average molecular weight is 264 g/mol. The number of hydrogen-bond donors (Lipinski definition) is 1. The maximum absolute atomic E-state index is 12.3. The number of amides is 2. The van der Waals surface area contributed by atoms with Crippen molar-refractivity contribution in [3.05, 3.63) is 29.8 Å². The Kier molecular flexibility index (Phi) is 5.36. The summed E-state index contributed by atoms with van der Waals surface area (Å²) in [7, 11) is 1.66. The Morgan fingerprint density at radius 1 is 1.26 bits per heavy atom. The van der Waals surface area contributed by atoms with E-state index in [9.17, 15) is 9.59 Å². The number of carbonyl (C=O) groups is 2. The van der Waals surface area contributed by atoms with E-state index in [1.54, 1.807) is 7.05 Å². The van der Waals surface area contributed by atoms with Gasteiger partial charge in [0.05, 0.1) is 0 Å². The zero-order valence-corrected chi connectivity index (χ0v) is 11.6. The number of aryl methyl sites for hydroxylation is 1. The van der Waals surface area contributed by atoms with Crippen LogP contribution in [0.25, 0.3) is 0 Å². The molecule has 19 heavy (non-hydrogen) atoms. The summed E-state index contributed by atoms with van der Waals surface area (Å²) in [5.41, 5.74) is 1.77. The van der Waals surface area contributed by atoms with Gasteiger partial charge < -0.3 is 10.0 Å². The Labute approximate surface area is 113 Å². The summed E-state index contributed by atoms with van der Waals surface area (Å²) in [6, 6.07) is 7.23. The standard InChI is InChI=1S/C14H20N2O3/c1-4-9-16(10-13(17)18)14(19)15(3)12-8-6-5-7-11(12)2/h5-8H,4,9-10H2,1-3H3,(H,17,18). The van der Waals surface area contributed by atoms with E-state index < -0.39 is 5.97 Å². The summed E-state index contributed by atoms with van der Waals surface area (Å²) in [5.74, 6) is -1.00. The molecular weight excluding hydrogens is 244 g/mol. The van der Waals surface area contributed by atoms with Gasteiger partial charge in [0, 0.05) is 19.3 Å². The van der Waals surface area contributed by atoms with Gasteiger partial charge in [0.2, 0.25) is 0 Å². The minimum Gasteiger partial charge on any atom is -0.480 e. The van der Waals surface area contributed by atoms with Crippen LogP contribution in [0.5, 0.6) is 0 Å². The van der Waals surface area contributed by atoms with Gasteiger partial charge in [-0.1, -0.05) is 25.1 Å². The SMILES string of the molecule is CCCN(CC(=O)O)C(=O)N(C)c1ccccc1C. The third kappa shape index (κ3) is 3.98. The first-order valence-corrected chi connectivity index (χ1v) is 6.27. The van der Waals surface area contributed by atoms with Crippen molar-refractivity contribution < 1.29 is 14.7 Å². The molecule has 5 nitrogen and oxygen atoms in total. The molecule has 0 saturated heterocycles. The van der Waals surface area contributed by atoms with Crippen LogP contribution in [0.3, 0.4) is 0 Å². The van der Waals surface area contributed by atoms with Gasteiger partial charge in [0.1, 0.15) is 6.54 Å². The predicted molar refractivity (Wildman–Crippen MR) is 74.5 cm³/mol. The molecule has 0 aliphatic carbocycles. The molecule has 0 spiro atoms. The van der Waals surface area contributed by atoms with Crippen LogP contribution in [-0.4, -0.2) is 42.1 Å². The molecule has 0 bridgehead atoms. The fraction of sp³-hybridized carbons (Fsp3) is 0.429. The Morgan fingerprint density at radius 3 is 2.42 bits per heavy atom. The smallest absolute Gasteiger partial charge is 0.324 e. The van der Waals surface area contributed by atoms with Crippen molar-refractivity contribution >= 4 is 17.7 Å². The van der Waals surface area contributed by atoms with Gasteiger partial charge in [0.15, 0.2) is 0 Å². The lowest BCUT2D eigenvalue weighted by Gasteiger charge is -2.27. The number of benzene rings is 1. The van der Waals surface area contributed by atoms with E-state index in [1.807, 2.05) is 38.1 Å². The molecule has 0 aliphatic heterocycles. The first-order chi connectivity index (χ1) is 8.97. The zero-order valence-electron chi connectivity index (χ0n) is 11.6. The van der Waals surface area contributed by atoms with Crippen molar-refractivity contribution in [3.63, 3.8) is 0 Å². The molecule has 1 aromatic rings. The number of rotatable bonds is 5. The Bertz CT molecular complexity index is 460. The maximum Gasteiger partial charge on any atom is 0.324 e.